The number of amides is 1. The van der Waals surface area contributed by atoms with Crippen LogP contribution in [0.25, 0.3) is 10.9 Å². The van der Waals surface area contributed by atoms with Gasteiger partial charge in [0.1, 0.15) is 0 Å². The minimum absolute atomic E-state index is 0.000389. The molecule has 0 radical (unpaired) electrons. The minimum atomic E-state index is 0.000389. The summed E-state index contributed by atoms with van der Waals surface area (Å²) in [4.78, 5) is 19.6. The highest BCUT2D eigenvalue weighted by atomic mass is 35.5. The number of aromatic nitrogens is 1. The molecule has 1 aliphatic rings. The summed E-state index contributed by atoms with van der Waals surface area (Å²) in [5, 5.41) is 1.59. The van der Waals surface area contributed by atoms with Gasteiger partial charge in [-0.25, -0.2) is 0 Å². The van der Waals surface area contributed by atoms with Crippen LogP contribution < -0.4 is 0 Å². The first-order chi connectivity index (χ1) is 12.1. The Morgan fingerprint density at radius 1 is 1.16 bits per heavy atom. The molecular formula is C21H19ClN2O. The molecule has 0 bridgehead atoms. The van der Waals surface area contributed by atoms with Gasteiger partial charge in [0.2, 0.25) is 0 Å². The van der Waals surface area contributed by atoms with Crippen molar-refractivity contribution in [3.8, 4) is 0 Å². The lowest BCUT2D eigenvalue weighted by atomic mass is 10.0. The summed E-state index contributed by atoms with van der Waals surface area (Å²) in [5.41, 5.74) is 3.59. The van der Waals surface area contributed by atoms with E-state index in [1.807, 2.05) is 61.6 Å². The van der Waals surface area contributed by atoms with Gasteiger partial charge in [0.15, 0.2) is 0 Å². The highest BCUT2D eigenvalue weighted by Crippen LogP contribution is 2.40. The van der Waals surface area contributed by atoms with E-state index in [2.05, 4.69) is 0 Å². The van der Waals surface area contributed by atoms with Crippen LogP contribution in [0.15, 0.2) is 54.6 Å². The molecule has 4 heteroatoms. The lowest BCUT2D eigenvalue weighted by Gasteiger charge is -2.19. The van der Waals surface area contributed by atoms with Gasteiger partial charge >= 0.3 is 0 Å². The summed E-state index contributed by atoms with van der Waals surface area (Å²) in [7, 11) is 1.82. The van der Waals surface area contributed by atoms with Crippen molar-refractivity contribution in [2.24, 2.45) is 0 Å². The van der Waals surface area contributed by atoms with Crippen LogP contribution in [0.3, 0.4) is 0 Å². The fraction of sp³-hybridized carbons (Fsp3) is 0.238. The van der Waals surface area contributed by atoms with Gasteiger partial charge < -0.3 is 4.90 Å². The van der Waals surface area contributed by atoms with Crippen molar-refractivity contribution in [1.82, 2.24) is 9.88 Å². The summed E-state index contributed by atoms with van der Waals surface area (Å²) in [5.74, 6) is 0.505. The molecule has 0 spiro atoms. The number of hydrogen-bond acceptors (Lipinski definition) is 2. The van der Waals surface area contributed by atoms with E-state index in [0.717, 1.165) is 40.6 Å². The number of fused-ring (bicyclic) bond motifs is 1. The molecule has 1 fully saturated rings. The van der Waals surface area contributed by atoms with Crippen molar-refractivity contribution >= 4 is 28.4 Å². The van der Waals surface area contributed by atoms with E-state index in [1.54, 1.807) is 4.90 Å². The van der Waals surface area contributed by atoms with Gasteiger partial charge in [0.25, 0.3) is 5.91 Å². The number of hydrogen-bond donors (Lipinski definition) is 0. The summed E-state index contributed by atoms with van der Waals surface area (Å²) in [6, 6.07) is 17.5. The Balaban J connectivity index is 1.70. The van der Waals surface area contributed by atoms with Gasteiger partial charge in [-0.05, 0) is 36.6 Å². The largest absolute Gasteiger partial charge is 0.337 e. The monoisotopic (exact) mass is 350 g/mol. The number of carbonyl (C=O) groups is 1. The van der Waals surface area contributed by atoms with Crippen molar-refractivity contribution in [2.75, 3.05) is 7.05 Å². The van der Waals surface area contributed by atoms with Crippen LogP contribution >= 0.6 is 11.6 Å². The van der Waals surface area contributed by atoms with Gasteiger partial charge in [0.05, 0.1) is 11.1 Å². The molecule has 0 N–H and O–H groups in total. The third-order valence-corrected chi connectivity index (χ3v) is 5.04. The predicted octanol–water partition coefficient (Wildman–Crippen LogP) is 5.04. The normalized spacial score (nSPS) is 13.8. The van der Waals surface area contributed by atoms with Gasteiger partial charge in [-0.15, -0.1) is 0 Å². The number of carbonyl (C=O) groups excluding carboxylic acids is 1. The van der Waals surface area contributed by atoms with E-state index in [4.69, 9.17) is 16.6 Å². The second-order valence-electron chi connectivity index (χ2n) is 6.64. The van der Waals surface area contributed by atoms with Crippen LogP contribution in [0.4, 0.5) is 0 Å². The Kier molecular flexibility index (Phi) is 4.18. The summed E-state index contributed by atoms with van der Waals surface area (Å²) < 4.78 is 0. The molecule has 1 aromatic heterocycles. The third kappa shape index (κ3) is 3.24. The quantitative estimate of drug-likeness (QED) is 0.660. The topological polar surface area (TPSA) is 33.2 Å². The highest BCUT2D eigenvalue weighted by Gasteiger charge is 2.27. The van der Waals surface area contributed by atoms with Crippen LogP contribution in [0.5, 0.6) is 0 Å². The van der Waals surface area contributed by atoms with E-state index >= 15 is 0 Å². The van der Waals surface area contributed by atoms with Crippen molar-refractivity contribution in [3.63, 3.8) is 0 Å². The number of halogens is 1. The molecule has 126 valence electrons. The molecule has 4 rings (SSSR count). The zero-order valence-corrected chi connectivity index (χ0v) is 14.8. The summed E-state index contributed by atoms with van der Waals surface area (Å²) >= 11 is 6.24. The lowest BCUT2D eigenvalue weighted by Crippen LogP contribution is -2.26. The summed E-state index contributed by atoms with van der Waals surface area (Å²) in [6.07, 6.45) is 2.32. The third-order valence-electron chi connectivity index (χ3n) is 4.67. The first-order valence-electron chi connectivity index (χ1n) is 8.52. The van der Waals surface area contributed by atoms with Gasteiger partial charge in [-0.1, -0.05) is 48.0 Å². The SMILES string of the molecule is CN(Cc1ccccc1Cl)C(=O)c1cc(C2CC2)nc2ccccc12. The highest BCUT2D eigenvalue weighted by molar-refractivity contribution is 6.31. The number of benzene rings is 2. The minimum Gasteiger partial charge on any atom is -0.337 e. The zero-order valence-electron chi connectivity index (χ0n) is 14.1. The predicted molar refractivity (Wildman–Crippen MR) is 101 cm³/mol. The molecule has 3 aromatic rings. The van der Waals surface area contributed by atoms with E-state index < -0.39 is 0 Å². The molecule has 0 unspecified atom stereocenters. The average Bonchev–Trinajstić information content (AvgIpc) is 3.47. The first-order valence-corrected chi connectivity index (χ1v) is 8.90. The second kappa shape index (κ2) is 6.49. The molecule has 0 aliphatic heterocycles. The fourth-order valence-electron chi connectivity index (χ4n) is 3.12. The van der Waals surface area contributed by atoms with Gasteiger partial charge in [-0.3, -0.25) is 9.78 Å². The molecule has 0 saturated heterocycles. The van der Waals surface area contributed by atoms with E-state index in [9.17, 15) is 4.79 Å². The molecule has 3 nitrogen and oxygen atoms in total. The Morgan fingerprint density at radius 2 is 1.88 bits per heavy atom. The van der Waals surface area contributed by atoms with Crippen LogP contribution in [0.1, 0.15) is 40.4 Å². The summed E-state index contributed by atoms with van der Waals surface area (Å²) in [6.45, 7) is 0.480. The average molecular weight is 351 g/mol. The van der Waals surface area contributed by atoms with E-state index in [1.165, 1.54) is 0 Å². The molecule has 25 heavy (non-hydrogen) atoms. The molecule has 1 heterocycles. The fourth-order valence-corrected chi connectivity index (χ4v) is 3.32. The van der Waals surface area contributed by atoms with Crippen molar-refractivity contribution in [2.45, 2.75) is 25.3 Å². The number of para-hydroxylation sites is 1. The molecule has 1 amide bonds. The van der Waals surface area contributed by atoms with Crippen molar-refractivity contribution in [1.29, 1.82) is 0 Å². The lowest BCUT2D eigenvalue weighted by molar-refractivity contribution is 0.0787. The zero-order chi connectivity index (χ0) is 17.4. The van der Waals surface area contributed by atoms with Crippen molar-refractivity contribution in [3.05, 3.63) is 76.4 Å². The second-order valence-corrected chi connectivity index (χ2v) is 7.05. The van der Waals surface area contributed by atoms with E-state index in [0.29, 0.717) is 17.5 Å². The van der Waals surface area contributed by atoms with Crippen molar-refractivity contribution < 1.29 is 4.79 Å². The Morgan fingerprint density at radius 3 is 2.64 bits per heavy atom. The van der Waals surface area contributed by atoms with Crippen LogP contribution in [-0.4, -0.2) is 22.8 Å². The maximum atomic E-state index is 13.1. The maximum Gasteiger partial charge on any atom is 0.254 e. The van der Waals surface area contributed by atoms with E-state index in [-0.39, 0.29) is 5.91 Å². The smallest absolute Gasteiger partial charge is 0.254 e. The Bertz CT molecular complexity index is 950. The maximum absolute atomic E-state index is 13.1. The van der Waals surface area contributed by atoms with Crippen LogP contribution in [-0.2, 0) is 6.54 Å². The molecule has 1 aliphatic carbocycles. The molecule has 1 saturated carbocycles. The standard InChI is InChI=1S/C21H19ClN2O/c1-24(13-15-6-2-4-8-18(15)22)21(25)17-12-20(14-10-11-14)23-19-9-5-3-7-16(17)19/h2-9,12,14H,10-11,13H2,1H3. The number of nitrogens with zero attached hydrogens (tertiary/aromatic N) is 2. The van der Waals surface area contributed by atoms with Crippen LogP contribution in [0.2, 0.25) is 5.02 Å². The van der Waals surface area contributed by atoms with Gasteiger partial charge in [0, 0.05) is 35.6 Å². The Hall–Kier alpha value is -2.39. The first kappa shape index (κ1) is 16.1. The van der Waals surface area contributed by atoms with Crippen LogP contribution in [0, 0.1) is 0 Å². The number of pyridine rings is 1. The molecule has 0 atom stereocenters. The Labute approximate surface area is 152 Å². The van der Waals surface area contributed by atoms with Gasteiger partial charge in [-0.2, -0.15) is 0 Å². The molecule has 2 aromatic carbocycles. The number of rotatable bonds is 4. The molecular weight excluding hydrogens is 332 g/mol.